The molecule has 0 aliphatic carbocycles. The van der Waals surface area contributed by atoms with E-state index in [0.29, 0.717) is 18.6 Å². The Hall–Kier alpha value is -0.810. The van der Waals surface area contributed by atoms with Crippen molar-refractivity contribution < 1.29 is 9.53 Å². The fraction of sp³-hybridized carbons (Fsp3) is 0.700. The van der Waals surface area contributed by atoms with Crippen molar-refractivity contribution in [3.05, 3.63) is 0 Å². The van der Waals surface area contributed by atoms with E-state index in [0.717, 1.165) is 26.1 Å². The normalized spacial score (nSPS) is 18.6. The number of rotatable bonds is 3. The molecule has 0 spiro atoms. The zero-order chi connectivity index (χ0) is 8.81. The minimum Gasteiger partial charge on any atom is -0.381 e. The molecule has 0 aromatic rings. The van der Waals surface area contributed by atoms with Crippen molar-refractivity contribution in [3.8, 4) is 12.3 Å². The lowest BCUT2D eigenvalue weighted by Crippen LogP contribution is -2.23. The van der Waals surface area contributed by atoms with Gasteiger partial charge in [0.15, 0.2) is 0 Å². The Kier molecular flexibility index (Phi) is 3.83. The van der Waals surface area contributed by atoms with Crippen LogP contribution in [0.25, 0.3) is 0 Å². The molecule has 0 radical (unpaired) electrons. The van der Waals surface area contributed by atoms with Gasteiger partial charge in [0.25, 0.3) is 0 Å². The highest BCUT2D eigenvalue weighted by Crippen LogP contribution is 2.17. The van der Waals surface area contributed by atoms with Crippen molar-refractivity contribution >= 4 is 5.78 Å². The predicted molar refractivity (Wildman–Crippen MR) is 46.6 cm³/mol. The first-order valence-electron chi connectivity index (χ1n) is 4.38. The van der Waals surface area contributed by atoms with Crippen molar-refractivity contribution in [2.75, 3.05) is 13.2 Å². The van der Waals surface area contributed by atoms with Crippen LogP contribution in [0, 0.1) is 18.3 Å². The Morgan fingerprint density at radius 1 is 1.50 bits per heavy atom. The molecule has 2 nitrogen and oxygen atoms in total. The summed E-state index contributed by atoms with van der Waals surface area (Å²) in [6.07, 6.45) is 7.96. The average Bonchev–Trinajstić information content (AvgIpc) is 2.15. The molecular weight excluding hydrogens is 152 g/mol. The lowest BCUT2D eigenvalue weighted by atomic mass is 9.93. The van der Waals surface area contributed by atoms with Gasteiger partial charge >= 0.3 is 0 Å². The number of hydrogen-bond donors (Lipinski definition) is 0. The van der Waals surface area contributed by atoms with Crippen molar-refractivity contribution in [2.24, 2.45) is 5.92 Å². The molecular formula is C10H14O2. The number of hydrogen-bond acceptors (Lipinski definition) is 2. The zero-order valence-corrected chi connectivity index (χ0v) is 7.21. The van der Waals surface area contributed by atoms with Gasteiger partial charge in [0.05, 0.1) is 0 Å². The van der Waals surface area contributed by atoms with E-state index in [1.54, 1.807) is 0 Å². The smallest absolute Gasteiger partial charge is 0.137 e. The summed E-state index contributed by atoms with van der Waals surface area (Å²) in [7, 11) is 0. The maximum absolute atomic E-state index is 11.4. The van der Waals surface area contributed by atoms with Crippen LogP contribution < -0.4 is 0 Å². The molecule has 0 unspecified atom stereocenters. The highest BCUT2D eigenvalue weighted by Gasteiger charge is 2.20. The summed E-state index contributed by atoms with van der Waals surface area (Å²) in [5.41, 5.74) is 0. The van der Waals surface area contributed by atoms with Crippen LogP contribution in [0.4, 0.5) is 0 Å². The SMILES string of the molecule is C#CCCC(=O)C1CCOCC1. The summed E-state index contributed by atoms with van der Waals surface area (Å²) >= 11 is 0. The van der Waals surface area contributed by atoms with Crippen molar-refractivity contribution in [3.63, 3.8) is 0 Å². The Balaban J connectivity index is 2.26. The molecule has 0 aromatic carbocycles. The maximum atomic E-state index is 11.4. The molecule has 0 saturated carbocycles. The second-order valence-corrected chi connectivity index (χ2v) is 3.06. The van der Waals surface area contributed by atoms with E-state index in [1.165, 1.54) is 0 Å². The number of Topliss-reactive ketones (excluding diaryl/α,β-unsaturated/α-hetero) is 1. The minimum atomic E-state index is 0.215. The molecule has 66 valence electrons. The van der Waals surface area contributed by atoms with Gasteiger partial charge in [0.2, 0.25) is 0 Å². The monoisotopic (exact) mass is 166 g/mol. The van der Waals surface area contributed by atoms with E-state index in [2.05, 4.69) is 5.92 Å². The van der Waals surface area contributed by atoms with Crippen LogP contribution in [0.15, 0.2) is 0 Å². The van der Waals surface area contributed by atoms with Gasteiger partial charge in [0.1, 0.15) is 5.78 Å². The maximum Gasteiger partial charge on any atom is 0.137 e. The molecule has 0 N–H and O–H groups in total. The third kappa shape index (κ3) is 2.67. The Morgan fingerprint density at radius 2 is 2.17 bits per heavy atom. The second-order valence-electron chi connectivity index (χ2n) is 3.06. The topological polar surface area (TPSA) is 26.3 Å². The van der Waals surface area contributed by atoms with Gasteiger partial charge in [-0.3, -0.25) is 4.79 Å². The molecule has 1 fully saturated rings. The Morgan fingerprint density at radius 3 is 2.75 bits per heavy atom. The van der Waals surface area contributed by atoms with Crippen LogP contribution in [0.5, 0.6) is 0 Å². The van der Waals surface area contributed by atoms with Crippen LogP contribution in [0.1, 0.15) is 25.7 Å². The van der Waals surface area contributed by atoms with Crippen LogP contribution in [-0.2, 0) is 9.53 Å². The van der Waals surface area contributed by atoms with Crippen LogP contribution in [0.2, 0.25) is 0 Å². The standard InChI is InChI=1S/C10H14O2/c1-2-3-4-10(11)9-5-7-12-8-6-9/h1,9H,3-8H2. The first kappa shape index (κ1) is 9.28. The van der Waals surface area contributed by atoms with E-state index in [9.17, 15) is 4.79 Å². The summed E-state index contributed by atoms with van der Waals surface area (Å²) in [6.45, 7) is 1.46. The molecule has 1 rings (SSSR count). The lowest BCUT2D eigenvalue weighted by Gasteiger charge is -2.20. The lowest BCUT2D eigenvalue weighted by molar-refractivity contribution is -0.125. The highest BCUT2D eigenvalue weighted by molar-refractivity contribution is 5.81. The van der Waals surface area contributed by atoms with Gasteiger partial charge in [0, 0.05) is 32.0 Å². The second kappa shape index (κ2) is 4.95. The molecule has 2 heteroatoms. The van der Waals surface area contributed by atoms with Crippen LogP contribution in [0.3, 0.4) is 0 Å². The summed E-state index contributed by atoms with van der Waals surface area (Å²) < 4.78 is 5.16. The van der Waals surface area contributed by atoms with Gasteiger partial charge in [-0.2, -0.15) is 0 Å². The van der Waals surface area contributed by atoms with E-state index >= 15 is 0 Å². The first-order chi connectivity index (χ1) is 5.84. The molecule has 12 heavy (non-hydrogen) atoms. The molecule has 1 aliphatic rings. The van der Waals surface area contributed by atoms with Crippen LogP contribution >= 0.6 is 0 Å². The molecule has 1 aliphatic heterocycles. The van der Waals surface area contributed by atoms with Crippen molar-refractivity contribution in [1.82, 2.24) is 0 Å². The third-order valence-electron chi connectivity index (χ3n) is 2.19. The fourth-order valence-electron chi connectivity index (χ4n) is 1.42. The number of terminal acetylenes is 1. The van der Waals surface area contributed by atoms with E-state index in [4.69, 9.17) is 11.2 Å². The highest BCUT2D eigenvalue weighted by atomic mass is 16.5. The quantitative estimate of drug-likeness (QED) is 0.592. The molecule has 1 saturated heterocycles. The van der Waals surface area contributed by atoms with E-state index in [-0.39, 0.29) is 5.92 Å². The van der Waals surface area contributed by atoms with Gasteiger partial charge in [-0.1, -0.05) is 0 Å². The predicted octanol–water partition coefficient (Wildman–Crippen LogP) is 1.40. The largest absolute Gasteiger partial charge is 0.381 e. The summed E-state index contributed by atoms with van der Waals surface area (Å²) in [5.74, 6) is 3.02. The third-order valence-corrected chi connectivity index (χ3v) is 2.19. The summed E-state index contributed by atoms with van der Waals surface area (Å²) in [4.78, 5) is 11.4. The number of carbonyl (C=O) groups is 1. The van der Waals surface area contributed by atoms with Gasteiger partial charge in [-0.05, 0) is 12.8 Å². The molecule has 0 aromatic heterocycles. The van der Waals surface area contributed by atoms with Gasteiger partial charge in [-0.15, -0.1) is 12.3 Å². The van der Waals surface area contributed by atoms with Crippen molar-refractivity contribution in [1.29, 1.82) is 0 Å². The molecule has 0 amide bonds. The average molecular weight is 166 g/mol. The Bertz CT molecular complexity index is 185. The summed E-state index contributed by atoms with van der Waals surface area (Å²) in [5, 5.41) is 0. The number of ketones is 1. The number of carbonyl (C=O) groups excluding carboxylic acids is 1. The van der Waals surface area contributed by atoms with Gasteiger partial charge < -0.3 is 4.74 Å². The van der Waals surface area contributed by atoms with Crippen molar-refractivity contribution in [2.45, 2.75) is 25.7 Å². The van der Waals surface area contributed by atoms with Crippen LogP contribution in [-0.4, -0.2) is 19.0 Å². The summed E-state index contributed by atoms with van der Waals surface area (Å²) in [6, 6.07) is 0. The molecule has 0 atom stereocenters. The Labute approximate surface area is 73.3 Å². The van der Waals surface area contributed by atoms with E-state index < -0.39 is 0 Å². The van der Waals surface area contributed by atoms with E-state index in [1.807, 2.05) is 0 Å². The number of ether oxygens (including phenoxy) is 1. The zero-order valence-electron chi connectivity index (χ0n) is 7.21. The van der Waals surface area contributed by atoms with Gasteiger partial charge in [-0.25, -0.2) is 0 Å². The minimum absolute atomic E-state index is 0.215. The fourth-order valence-corrected chi connectivity index (χ4v) is 1.42. The molecule has 1 heterocycles. The first-order valence-corrected chi connectivity index (χ1v) is 4.38. The molecule has 0 bridgehead atoms.